The van der Waals surface area contributed by atoms with Crippen LogP contribution >= 0.6 is 12.4 Å². The number of benzene rings is 1. The van der Waals surface area contributed by atoms with Crippen molar-refractivity contribution in [2.45, 2.75) is 45.1 Å². The third-order valence-electron chi connectivity index (χ3n) is 4.86. The number of rotatable bonds is 6. The van der Waals surface area contributed by atoms with Crippen LogP contribution in [0.3, 0.4) is 0 Å². The van der Waals surface area contributed by atoms with Gasteiger partial charge in [0.15, 0.2) is 0 Å². The fourth-order valence-corrected chi connectivity index (χ4v) is 3.20. The molecule has 7 heteroatoms. The maximum atomic E-state index is 12.2. The van der Waals surface area contributed by atoms with E-state index in [0.29, 0.717) is 24.9 Å². The van der Waals surface area contributed by atoms with Gasteiger partial charge >= 0.3 is 0 Å². The molecule has 1 aromatic carbocycles. The van der Waals surface area contributed by atoms with Crippen LogP contribution in [-0.2, 0) is 5.41 Å². The van der Waals surface area contributed by atoms with Gasteiger partial charge in [0.05, 0.1) is 12.6 Å². The molecule has 6 nitrogen and oxygen atoms in total. The maximum Gasteiger partial charge on any atom is 0.271 e. The molecule has 154 valence electrons. The zero-order chi connectivity index (χ0) is 19.3. The van der Waals surface area contributed by atoms with Crippen molar-refractivity contribution in [3.63, 3.8) is 0 Å². The summed E-state index contributed by atoms with van der Waals surface area (Å²) in [5.74, 6) is 0.649. The smallest absolute Gasteiger partial charge is 0.271 e. The van der Waals surface area contributed by atoms with E-state index >= 15 is 0 Å². The van der Waals surface area contributed by atoms with Crippen LogP contribution in [0.2, 0.25) is 0 Å². The lowest BCUT2D eigenvalue weighted by molar-refractivity contribution is 0.0940. The Morgan fingerprint density at radius 1 is 1.29 bits per heavy atom. The summed E-state index contributed by atoms with van der Waals surface area (Å²) in [7, 11) is 0. The molecule has 1 amide bonds. The maximum absolute atomic E-state index is 12.2. The van der Waals surface area contributed by atoms with Gasteiger partial charge in [-0.2, -0.15) is 5.10 Å². The van der Waals surface area contributed by atoms with Crippen LogP contribution in [-0.4, -0.2) is 41.9 Å². The van der Waals surface area contributed by atoms with Gasteiger partial charge in [-0.1, -0.05) is 32.9 Å². The Labute approximate surface area is 173 Å². The number of nitrogens with zero attached hydrogens (tertiary/aromatic N) is 2. The lowest BCUT2D eigenvalue weighted by Crippen LogP contribution is -2.32. The summed E-state index contributed by atoms with van der Waals surface area (Å²) in [6, 6.07) is 10.2. The molecule has 0 spiro atoms. The summed E-state index contributed by atoms with van der Waals surface area (Å²) >= 11 is 0. The first-order valence-electron chi connectivity index (χ1n) is 9.71. The Morgan fingerprint density at radius 2 is 2.04 bits per heavy atom. The zero-order valence-corrected chi connectivity index (χ0v) is 17.7. The van der Waals surface area contributed by atoms with Crippen molar-refractivity contribution in [2.24, 2.45) is 0 Å². The van der Waals surface area contributed by atoms with E-state index in [-0.39, 0.29) is 23.7 Å². The summed E-state index contributed by atoms with van der Waals surface area (Å²) < 4.78 is 7.61. The van der Waals surface area contributed by atoms with E-state index in [1.54, 1.807) is 6.07 Å². The van der Waals surface area contributed by atoms with Gasteiger partial charge in [0.25, 0.3) is 5.91 Å². The van der Waals surface area contributed by atoms with Gasteiger partial charge in [-0.3, -0.25) is 9.48 Å². The van der Waals surface area contributed by atoms with Crippen LogP contribution in [0.15, 0.2) is 36.5 Å². The summed E-state index contributed by atoms with van der Waals surface area (Å²) in [5.41, 5.74) is 1.85. The minimum atomic E-state index is -0.163. The van der Waals surface area contributed by atoms with Crippen LogP contribution in [0.5, 0.6) is 5.75 Å². The van der Waals surface area contributed by atoms with Gasteiger partial charge in [0.1, 0.15) is 18.1 Å². The van der Waals surface area contributed by atoms with Crippen molar-refractivity contribution >= 4 is 18.3 Å². The third kappa shape index (κ3) is 5.97. The molecular weight excluding hydrogens is 376 g/mol. The number of ether oxygens (including phenoxy) is 1. The normalized spacial score (nSPS) is 16.9. The first-order valence-corrected chi connectivity index (χ1v) is 9.71. The van der Waals surface area contributed by atoms with Crippen LogP contribution < -0.4 is 15.4 Å². The number of carbonyl (C=O) groups is 1. The van der Waals surface area contributed by atoms with E-state index in [4.69, 9.17) is 4.74 Å². The van der Waals surface area contributed by atoms with Crippen molar-refractivity contribution in [1.82, 2.24) is 20.4 Å². The van der Waals surface area contributed by atoms with Crippen molar-refractivity contribution in [1.29, 1.82) is 0 Å². The molecule has 0 bridgehead atoms. The fraction of sp³-hybridized carbons (Fsp3) is 0.524. The Hall–Kier alpha value is -2.05. The van der Waals surface area contributed by atoms with Crippen LogP contribution in [0.25, 0.3) is 0 Å². The number of piperidine rings is 1. The predicted octanol–water partition coefficient (Wildman–Crippen LogP) is 3.34. The monoisotopic (exact) mass is 406 g/mol. The molecule has 0 saturated carbocycles. The second-order valence-electron chi connectivity index (χ2n) is 8.06. The van der Waals surface area contributed by atoms with E-state index in [2.05, 4.69) is 48.6 Å². The summed E-state index contributed by atoms with van der Waals surface area (Å²) in [6.07, 6.45) is 4.12. The summed E-state index contributed by atoms with van der Waals surface area (Å²) in [4.78, 5) is 12.2. The van der Waals surface area contributed by atoms with Crippen molar-refractivity contribution in [2.75, 3.05) is 26.2 Å². The molecule has 2 aromatic rings. The van der Waals surface area contributed by atoms with Crippen LogP contribution in [0.1, 0.15) is 55.7 Å². The van der Waals surface area contributed by atoms with Crippen molar-refractivity contribution in [3.8, 4) is 5.75 Å². The highest BCUT2D eigenvalue weighted by atomic mass is 35.5. The lowest BCUT2D eigenvalue weighted by Gasteiger charge is -2.22. The van der Waals surface area contributed by atoms with Gasteiger partial charge in [-0.25, -0.2) is 0 Å². The SMILES string of the molecule is CC(C)(C)c1ccc(OCCNC(=O)c2ccn(C3CCCNC3)n2)cc1.Cl. The molecule has 2 N–H and O–H groups in total. The van der Waals surface area contributed by atoms with Gasteiger partial charge in [-0.05, 0) is 48.6 Å². The fourth-order valence-electron chi connectivity index (χ4n) is 3.20. The third-order valence-corrected chi connectivity index (χ3v) is 4.86. The first kappa shape index (κ1) is 22.2. The molecule has 28 heavy (non-hydrogen) atoms. The first-order chi connectivity index (χ1) is 12.9. The van der Waals surface area contributed by atoms with E-state index in [0.717, 1.165) is 31.7 Å². The number of nitrogens with one attached hydrogen (secondary N) is 2. The van der Waals surface area contributed by atoms with Gasteiger partial charge in [0.2, 0.25) is 0 Å². The van der Waals surface area contributed by atoms with Gasteiger partial charge in [-0.15, -0.1) is 12.4 Å². The molecule has 0 radical (unpaired) electrons. The van der Waals surface area contributed by atoms with Gasteiger partial charge in [0, 0.05) is 12.7 Å². The van der Waals surface area contributed by atoms with E-state index in [9.17, 15) is 4.79 Å². The average molecular weight is 407 g/mol. The molecule has 1 unspecified atom stereocenters. The summed E-state index contributed by atoms with van der Waals surface area (Å²) in [6.45, 7) is 9.39. The van der Waals surface area contributed by atoms with Crippen molar-refractivity contribution < 1.29 is 9.53 Å². The second-order valence-corrected chi connectivity index (χ2v) is 8.06. The molecule has 1 aromatic heterocycles. The lowest BCUT2D eigenvalue weighted by atomic mass is 9.87. The minimum Gasteiger partial charge on any atom is -0.492 e. The number of hydrogen-bond donors (Lipinski definition) is 2. The standard InChI is InChI=1S/C21H30N4O2.ClH/c1-21(2,3)16-6-8-18(9-7-16)27-14-12-23-20(26)19-10-13-25(24-19)17-5-4-11-22-15-17;/h6-10,13,17,22H,4-5,11-12,14-15H2,1-3H3,(H,23,26);1H. The van der Waals surface area contributed by atoms with Crippen LogP contribution in [0, 0.1) is 0 Å². The van der Waals surface area contributed by atoms with E-state index in [1.165, 1.54) is 5.56 Å². The van der Waals surface area contributed by atoms with Crippen molar-refractivity contribution in [3.05, 3.63) is 47.8 Å². The minimum absolute atomic E-state index is 0. The van der Waals surface area contributed by atoms with E-state index in [1.807, 2.05) is 23.0 Å². The highest BCUT2D eigenvalue weighted by Gasteiger charge is 2.17. The average Bonchev–Trinajstić information content (AvgIpc) is 3.16. The van der Waals surface area contributed by atoms with E-state index < -0.39 is 0 Å². The Morgan fingerprint density at radius 3 is 2.68 bits per heavy atom. The topological polar surface area (TPSA) is 68.2 Å². The molecule has 3 rings (SSSR count). The second kappa shape index (κ2) is 9.94. The Balaban J connectivity index is 0.00000280. The molecule has 1 saturated heterocycles. The number of carbonyl (C=O) groups excluding carboxylic acids is 1. The molecule has 2 heterocycles. The molecule has 1 aliphatic heterocycles. The number of amides is 1. The van der Waals surface area contributed by atoms with Crippen LogP contribution in [0.4, 0.5) is 0 Å². The summed E-state index contributed by atoms with van der Waals surface area (Å²) in [5, 5.41) is 10.7. The molecular formula is C21H31ClN4O2. The number of halogens is 1. The molecule has 0 aliphatic carbocycles. The highest BCUT2D eigenvalue weighted by molar-refractivity contribution is 5.92. The quantitative estimate of drug-likeness (QED) is 0.722. The van der Waals surface area contributed by atoms with Gasteiger partial charge < -0.3 is 15.4 Å². The number of hydrogen-bond acceptors (Lipinski definition) is 4. The largest absolute Gasteiger partial charge is 0.492 e. The predicted molar refractivity (Wildman–Crippen MR) is 114 cm³/mol. The molecule has 1 fully saturated rings. The molecule has 1 atom stereocenters. The highest BCUT2D eigenvalue weighted by Crippen LogP contribution is 2.24. The zero-order valence-electron chi connectivity index (χ0n) is 16.9. The Bertz CT molecular complexity index is 747. The molecule has 1 aliphatic rings. The Kier molecular flexibility index (Phi) is 7.89. The number of aromatic nitrogens is 2.